The van der Waals surface area contributed by atoms with Crippen molar-refractivity contribution < 1.29 is 9.49 Å². The number of hydrogen-bond acceptors (Lipinski definition) is 4. The molecule has 0 spiro atoms. The fourth-order valence-corrected chi connectivity index (χ4v) is 5.51. The summed E-state index contributed by atoms with van der Waals surface area (Å²) in [6, 6.07) is 23.5. The maximum Gasteiger partial charge on any atom is 0.269 e. The lowest BCUT2D eigenvalue weighted by molar-refractivity contribution is -0.641. The van der Waals surface area contributed by atoms with Crippen molar-refractivity contribution in [2.75, 3.05) is 19.0 Å². The van der Waals surface area contributed by atoms with Crippen LogP contribution in [-0.2, 0) is 4.55 Å². The summed E-state index contributed by atoms with van der Waals surface area (Å²) in [4.78, 5) is 12.8. The van der Waals surface area contributed by atoms with Crippen LogP contribution < -0.4 is 9.47 Å². The van der Waals surface area contributed by atoms with E-state index in [-0.39, 0.29) is 10.6 Å². The highest BCUT2D eigenvalue weighted by atomic mass is 127. The van der Waals surface area contributed by atoms with Crippen LogP contribution in [0.1, 0.15) is 16.1 Å². The van der Waals surface area contributed by atoms with Crippen molar-refractivity contribution in [2.24, 2.45) is 0 Å². The summed E-state index contributed by atoms with van der Waals surface area (Å²) in [5.41, 5.74) is 5.47. The zero-order valence-corrected chi connectivity index (χ0v) is 20.1. The Labute approximate surface area is 198 Å². The number of alkyl halides is 1. The number of fused-ring (bicyclic) bond motifs is 1. The van der Waals surface area contributed by atoms with Crippen LogP contribution in [0.15, 0.2) is 72.8 Å². The van der Waals surface area contributed by atoms with Crippen LogP contribution in [0.5, 0.6) is 0 Å². The Kier molecular flexibility index (Phi) is 6.33. The van der Waals surface area contributed by atoms with E-state index in [2.05, 4.69) is 86.7 Å². The quantitative estimate of drug-likeness (QED) is 0.0967. The highest BCUT2D eigenvalue weighted by molar-refractivity contribution is 14.1. The van der Waals surface area contributed by atoms with Crippen LogP contribution in [0, 0.1) is 10.1 Å². The van der Waals surface area contributed by atoms with E-state index in [4.69, 9.17) is 0 Å². The third-order valence-electron chi connectivity index (χ3n) is 5.11. The highest BCUT2D eigenvalue weighted by Crippen LogP contribution is 2.31. The molecule has 0 N–H and O–H groups in total. The lowest BCUT2D eigenvalue weighted by atomic mass is 9.97. The average molecular weight is 542 g/mol. The highest BCUT2D eigenvalue weighted by Gasteiger charge is 2.19. The number of rotatable bonds is 6. The van der Waals surface area contributed by atoms with Crippen molar-refractivity contribution >= 4 is 67.2 Å². The van der Waals surface area contributed by atoms with Gasteiger partial charge in [-0.2, -0.15) is 4.57 Å². The van der Waals surface area contributed by atoms with E-state index in [1.165, 1.54) is 10.2 Å². The van der Waals surface area contributed by atoms with Gasteiger partial charge in [-0.15, -0.1) is 0 Å². The molecule has 3 aromatic carbocycles. The molecule has 0 aliphatic heterocycles. The second kappa shape index (κ2) is 9.15. The van der Waals surface area contributed by atoms with Gasteiger partial charge in [0.05, 0.1) is 4.92 Å². The van der Waals surface area contributed by atoms with Crippen molar-refractivity contribution in [3.8, 4) is 0 Å². The van der Waals surface area contributed by atoms with Gasteiger partial charge in [-0.3, -0.25) is 10.1 Å². The molecule has 5 nitrogen and oxygen atoms in total. The summed E-state index contributed by atoms with van der Waals surface area (Å²) >= 11 is 4.13. The van der Waals surface area contributed by atoms with Crippen molar-refractivity contribution in [3.63, 3.8) is 0 Å². The van der Waals surface area contributed by atoms with Crippen LogP contribution in [0.25, 0.3) is 21.9 Å². The number of non-ortho nitro benzene ring substituents is 1. The first-order valence-corrected chi connectivity index (χ1v) is 12.0. The molecule has 0 saturated heterocycles. The molecule has 7 heteroatoms. The van der Waals surface area contributed by atoms with E-state index in [0.29, 0.717) is 0 Å². The van der Waals surface area contributed by atoms with Gasteiger partial charge in [0.2, 0.25) is 5.52 Å². The Morgan fingerprint density at radius 1 is 1.03 bits per heavy atom. The van der Waals surface area contributed by atoms with Crippen LogP contribution in [0.4, 0.5) is 11.4 Å². The maximum absolute atomic E-state index is 11.1. The average Bonchev–Trinajstić information content (AvgIpc) is 3.14. The van der Waals surface area contributed by atoms with E-state index >= 15 is 0 Å². The topological polar surface area (TPSA) is 50.3 Å². The number of thiazole rings is 1. The number of nitro groups is 1. The number of anilines is 1. The predicted molar refractivity (Wildman–Crippen MR) is 137 cm³/mol. The van der Waals surface area contributed by atoms with Crippen LogP contribution in [0.3, 0.4) is 0 Å². The minimum atomic E-state index is -0.366. The number of para-hydroxylation sites is 1. The summed E-state index contributed by atoms with van der Waals surface area (Å²) in [7, 11) is 4.03. The molecular weight excluding hydrogens is 521 g/mol. The molecule has 0 unspecified atom stereocenters. The van der Waals surface area contributed by atoms with E-state index < -0.39 is 0 Å². The van der Waals surface area contributed by atoms with Gasteiger partial charge >= 0.3 is 0 Å². The molecule has 0 saturated carbocycles. The Hall–Kier alpha value is -2.78. The molecule has 4 aromatic rings. The van der Waals surface area contributed by atoms with Crippen molar-refractivity contribution in [1.29, 1.82) is 0 Å². The second-order valence-corrected chi connectivity index (χ2v) is 9.00. The van der Waals surface area contributed by atoms with Gasteiger partial charge in [-0.05, 0) is 69.6 Å². The number of aromatic nitrogens is 1. The minimum Gasteiger partial charge on any atom is -0.378 e. The Morgan fingerprint density at radius 3 is 2.23 bits per heavy atom. The van der Waals surface area contributed by atoms with Crippen LogP contribution >= 0.6 is 33.9 Å². The molecule has 0 aliphatic rings. The molecule has 0 radical (unpaired) electrons. The summed E-state index contributed by atoms with van der Waals surface area (Å²) in [5, 5.41) is 12.3. The fraction of sp³-hybridized carbons (Fsp3) is 0.125. The maximum atomic E-state index is 11.1. The molecular formula is C24H21IN3O2S+. The van der Waals surface area contributed by atoms with E-state index in [9.17, 15) is 10.1 Å². The Bertz CT molecular complexity index is 1260. The van der Waals surface area contributed by atoms with Crippen LogP contribution in [-0.4, -0.2) is 19.0 Å². The van der Waals surface area contributed by atoms with Gasteiger partial charge in [0.15, 0.2) is 4.55 Å². The molecule has 31 heavy (non-hydrogen) atoms. The lowest BCUT2D eigenvalue weighted by Crippen LogP contribution is -2.32. The van der Waals surface area contributed by atoms with Gasteiger partial charge in [0, 0.05) is 44.1 Å². The summed E-state index contributed by atoms with van der Waals surface area (Å²) in [5.74, 6) is 0. The minimum absolute atomic E-state index is 0.0928. The number of benzene rings is 3. The number of nitrogens with zero attached hydrogens (tertiary/aromatic N) is 3. The number of halogens is 1. The van der Waals surface area contributed by atoms with Gasteiger partial charge < -0.3 is 4.90 Å². The Balaban J connectivity index is 1.89. The van der Waals surface area contributed by atoms with Gasteiger partial charge in [0.25, 0.3) is 10.7 Å². The second-order valence-electron chi connectivity index (χ2n) is 7.26. The zero-order valence-electron chi connectivity index (χ0n) is 17.2. The van der Waals surface area contributed by atoms with E-state index in [1.54, 1.807) is 23.5 Å². The third-order valence-corrected chi connectivity index (χ3v) is 6.90. The standard InChI is InChI=1S/C24H21IN3O2S/c1-26(2)19-11-7-17(8-12-19)21(18-9-13-20(14-10-18)28(29)30)15-24-27(16-25)22-5-3-4-6-23(22)31-24/h3-15H,16H2,1-2H3/q+1. The zero-order chi connectivity index (χ0) is 22.0. The van der Waals surface area contributed by atoms with E-state index in [0.717, 1.165) is 31.9 Å². The fourth-order valence-electron chi connectivity index (χ4n) is 3.44. The van der Waals surface area contributed by atoms with E-state index in [1.807, 2.05) is 26.2 Å². The smallest absolute Gasteiger partial charge is 0.269 e. The summed E-state index contributed by atoms with van der Waals surface area (Å²) < 4.78 is 4.36. The van der Waals surface area contributed by atoms with Gasteiger partial charge in [0.1, 0.15) is 4.70 Å². The SMILES string of the molecule is CN(C)c1ccc(/C(=C\c2sc3ccccc3[n+]2CI)c2ccc([N+](=O)[O-])cc2)cc1. The lowest BCUT2D eigenvalue weighted by Gasteiger charge is -2.14. The molecule has 4 rings (SSSR count). The molecule has 0 aliphatic carbocycles. The van der Waals surface area contributed by atoms with Gasteiger partial charge in [-0.25, -0.2) is 0 Å². The first kappa shape index (κ1) is 21.5. The number of hydrogen-bond donors (Lipinski definition) is 0. The molecule has 0 amide bonds. The first-order valence-electron chi connectivity index (χ1n) is 9.69. The molecule has 0 bridgehead atoms. The molecule has 156 valence electrons. The molecule has 0 fully saturated rings. The monoisotopic (exact) mass is 542 g/mol. The first-order chi connectivity index (χ1) is 15.0. The summed E-state index contributed by atoms with van der Waals surface area (Å²) in [6.45, 7) is 0. The number of nitro benzene ring substituents is 1. The predicted octanol–water partition coefficient (Wildman–Crippen LogP) is 6.14. The van der Waals surface area contributed by atoms with Gasteiger partial charge in [-0.1, -0.05) is 35.6 Å². The Morgan fingerprint density at radius 2 is 1.65 bits per heavy atom. The molecule has 1 heterocycles. The third kappa shape index (κ3) is 4.47. The summed E-state index contributed by atoms with van der Waals surface area (Å²) in [6.07, 6.45) is 2.19. The van der Waals surface area contributed by atoms with Crippen molar-refractivity contribution in [2.45, 2.75) is 4.55 Å². The van der Waals surface area contributed by atoms with Crippen molar-refractivity contribution in [1.82, 2.24) is 0 Å². The largest absolute Gasteiger partial charge is 0.378 e. The normalized spacial score (nSPS) is 11.6. The molecule has 1 aromatic heterocycles. The van der Waals surface area contributed by atoms with Crippen molar-refractivity contribution in [3.05, 3.63) is 99.0 Å². The van der Waals surface area contributed by atoms with Crippen LogP contribution in [0.2, 0.25) is 0 Å². The molecule has 0 atom stereocenters.